The predicted octanol–water partition coefficient (Wildman–Crippen LogP) is 3.83. The van der Waals surface area contributed by atoms with Crippen LogP contribution in [0.2, 0.25) is 0 Å². The largest absolute Gasteiger partial charge is 0.444 e. The van der Waals surface area contributed by atoms with Crippen molar-refractivity contribution in [1.82, 2.24) is 5.32 Å². The number of rotatable bonds is 7. The number of allylic oxidation sites excluding steroid dienone is 1. The SMILES string of the molecule is CC/C(C)=C/C(=O)Nc1ccc(NC(=O)CCNC(=O)OC(C)(C)C)cc1. The van der Waals surface area contributed by atoms with Crippen LogP contribution in [0.4, 0.5) is 16.2 Å². The molecule has 27 heavy (non-hydrogen) atoms. The lowest BCUT2D eigenvalue weighted by Gasteiger charge is -2.19. The van der Waals surface area contributed by atoms with Crippen LogP contribution in [0.3, 0.4) is 0 Å². The van der Waals surface area contributed by atoms with Crippen LogP contribution in [0, 0.1) is 0 Å². The minimum atomic E-state index is -0.575. The second-order valence-corrected chi connectivity index (χ2v) is 7.14. The van der Waals surface area contributed by atoms with Gasteiger partial charge in [-0.1, -0.05) is 12.5 Å². The summed E-state index contributed by atoms with van der Waals surface area (Å²) in [7, 11) is 0. The molecule has 0 radical (unpaired) electrons. The molecule has 0 aromatic heterocycles. The number of anilines is 2. The molecular formula is C20H29N3O4. The third-order valence-electron chi connectivity index (χ3n) is 3.39. The van der Waals surface area contributed by atoms with E-state index < -0.39 is 11.7 Å². The van der Waals surface area contributed by atoms with Crippen LogP contribution in [-0.2, 0) is 14.3 Å². The lowest BCUT2D eigenvalue weighted by Crippen LogP contribution is -2.34. The second-order valence-electron chi connectivity index (χ2n) is 7.14. The molecule has 3 N–H and O–H groups in total. The first kappa shape index (κ1) is 22.2. The number of hydrogen-bond acceptors (Lipinski definition) is 4. The topological polar surface area (TPSA) is 96.5 Å². The fraction of sp³-hybridized carbons (Fsp3) is 0.450. The van der Waals surface area contributed by atoms with Crippen molar-refractivity contribution >= 4 is 29.3 Å². The molecule has 0 heterocycles. The van der Waals surface area contributed by atoms with E-state index in [1.54, 1.807) is 51.1 Å². The third kappa shape index (κ3) is 10.0. The molecule has 0 spiro atoms. The van der Waals surface area contributed by atoms with E-state index in [2.05, 4.69) is 16.0 Å². The number of benzene rings is 1. The summed E-state index contributed by atoms with van der Waals surface area (Å²) in [6, 6.07) is 6.82. The Morgan fingerprint density at radius 3 is 2.11 bits per heavy atom. The smallest absolute Gasteiger partial charge is 0.407 e. The Hall–Kier alpha value is -2.83. The van der Waals surface area contributed by atoms with Gasteiger partial charge in [-0.25, -0.2) is 4.79 Å². The van der Waals surface area contributed by atoms with Crippen LogP contribution < -0.4 is 16.0 Å². The zero-order valence-corrected chi connectivity index (χ0v) is 16.6. The molecule has 0 saturated heterocycles. The van der Waals surface area contributed by atoms with Crippen LogP contribution in [0.15, 0.2) is 35.9 Å². The second kappa shape index (κ2) is 10.4. The van der Waals surface area contributed by atoms with Crippen molar-refractivity contribution in [2.75, 3.05) is 17.2 Å². The van der Waals surface area contributed by atoms with E-state index >= 15 is 0 Å². The molecule has 1 aromatic carbocycles. The monoisotopic (exact) mass is 375 g/mol. The molecule has 0 aliphatic heterocycles. The molecule has 7 heteroatoms. The van der Waals surface area contributed by atoms with Crippen molar-refractivity contribution in [1.29, 1.82) is 0 Å². The van der Waals surface area contributed by atoms with Crippen LogP contribution in [0.25, 0.3) is 0 Å². The number of ether oxygens (including phenoxy) is 1. The summed E-state index contributed by atoms with van der Waals surface area (Å²) in [4.78, 5) is 35.2. The Kier molecular flexibility index (Phi) is 8.51. The van der Waals surface area contributed by atoms with E-state index in [0.717, 1.165) is 12.0 Å². The van der Waals surface area contributed by atoms with Gasteiger partial charge in [-0.3, -0.25) is 9.59 Å². The van der Waals surface area contributed by atoms with Crippen LogP contribution in [0.1, 0.15) is 47.5 Å². The van der Waals surface area contributed by atoms with Crippen molar-refractivity contribution in [3.63, 3.8) is 0 Å². The van der Waals surface area contributed by atoms with Gasteiger partial charge in [0.1, 0.15) is 5.60 Å². The van der Waals surface area contributed by atoms with Crippen molar-refractivity contribution in [2.24, 2.45) is 0 Å². The molecule has 0 fully saturated rings. The summed E-state index contributed by atoms with van der Waals surface area (Å²) in [6.45, 7) is 9.37. The highest BCUT2D eigenvalue weighted by molar-refractivity contribution is 6.00. The van der Waals surface area contributed by atoms with E-state index in [9.17, 15) is 14.4 Å². The van der Waals surface area contributed by atoms with Crippen LogP contribution in [-0.4, -0.2) is 30.1 Å². The van der Waals surface area contributed by atoms with Gasteiger partial charge in [0.25, 0.3) is 0 Å². The van der Waals surface area contributed by atoms with Crippen molar-refractivity contribution < 1.29 is 19.1 Å². The first-order valence-corrected chi connectivity index (χ1v) is 8.94. The summed E-state index contributed by atoms with van der Waals surface area (Å²) in [5, 5.41) is 8.03. The minimum Gasteiger partial charge on any atom is -0.444 e. The highest BCUT2D eigenvalue weighted by Gasteiger charge is 2.15. The molecule has 0 aliphatic rings. The number of carbonyl (C=O) groups is 3. The molecule has 3 amide bonds. The maximum Gasteiger partial charge on any atom is 0.407 e. The van der Waals surface area contributed by atoms with Gasteiger partial charge >= 0.3 is 6.09 Å². The Balaban J connectivity index is 2.41. The van der Waals surface area contributed by atoms with Crippen molar-refractivity contribution in [3.05, 3.63) is 35.9 Å². The van der Waals surface area contributed by atoms with Gasteiger partial charge < -0.3 is 20.7 Å². The summed E-state index contributed by atoms with van der Waals surface area (Å²) < 4.78 is 5.09. The van der Waals surface area contributed by atoms with Crippen molar-refractivity contribution in [3.8, 4) is 0 Å². The number of carbonyl (C=O) groups excluding carboxylic acids is 3. The van der Waals surface area contributed by atoms with Gasteiger partial charge in [0.2, 0.25) is 11.8 Å². The summed E-state index contributed by atoms with van der Waals surface area (Å²) >= 11 is 0. The first-order chi connectivity index (χ1) is 12.6. The normalized spacial score (nSPS) is 11.5. The van der Waals surface area contributed by atoms with Gasteiger partial charge in [-0.05, 0) is 58.4 Å². The molecule has 0 unspecified atom stereocenters. The summed E-state index contributed by atoms with van der Waals surface area (Å²) in [5.41, 5.74) is 1.67. The predicted molar refractivity (Wildman–Crippen MR) is 107 cm³/mol. The lowest BCUT2D eigenvalue weighted by atomic mass is 10.2. The lowest BCUT2D eigenvalue weighted by molar-refractivity contribution is -0.116. The van der Waals surface area contributed by atoms with Gasteiger partial charge in [0, 0.05) is 30.4 Å². The average Bonchev–Trinajstić information content (AvgIpc) is 2.54. The quantitative estimate of drug-likeness (QED) is 0.631. The average molecular weight is 375 g/mol. The molecule has 1 rings (SSSR count). The number of amides is 3. The van der Waals surface area contributed by atoms with Crippen LogP contribution >= 0.6 is 0 Å². The highest BCUT2D eigenvalue weighted by atomic mass is 16.6. The fourth-order valence-electron chi connectivity index (χ4n) is 1.96. The number of alkyl carbamates (subject to hydrolysis) is 1. The standard InChI is InChI=1S/C20H29N3O4/c1-6-14(2)13-18(25)23-16-9-7-15(8-10-16)22-17(24)11-12-21-19(26)27-20(3,4)5/h7-10,13H,6,11-12H2,1-5H3,(H,21,26)(H,22,24)(H,23,25)/b14-13+. The zero-order chi connectivity index (χ0) is 20.4. The minimum absolute atomic E-state index is 0.124. The zero-order valence-electron chi connectivity index (χ0n) is 16.6. The van der Waals surface area contributed by atoms with Gasteiger partial charge in [0.15, 0.2) is 0 Å². The van der Waals surface area contributed by atoms with Crippen LogP contribution in [0.5, 0.6) is 0 Å². The molecule has 7 nitrogen and oxygen atoms in total. The Morgan fingerprint density at radius 2 is 1.59 bits per heavy atom. The number of hydrogen-bond donors (Lipinski definition) is 3. The molecule has 0 bridgehead atoms. The summed E-state index contributed by atoms with van der Waals surface area (Å²) in [6.07, 6.45) is 1.95. The Morgan fingerprint density at radius 1 is 1.04 bits per heavy atom. The fourth-order valence-corrected chi connectivity index (χ4v) is 1.96. The van der Waals surface area contributed by atoms with E-state index in [1.807, 2.05) is 13.8 Å². The first-order valence-electron chi connectivity index (χ1n) is 8.94. The summed E-state index contributed by atoms with van der Waals surface area (Å²) in [5.74, 6) is -0.413. The van der Waals surface area contributed by atoms with Gasteiger partial charge in [0.05, 0.1) is 0 Å². The molecule has 0 atom stereocenters. The highest BCUT2D eigenvalue weighted by Crippen LogP contribution is 2.14. The van der Waals surface area contributed by atoms with E-state index in [1.165, 1.54) is 0 Å². The van der Waals surface area contributed by atoms with E-state index in [0.29, 0.717) is 11.4 Å². The molecule has 0 aliphatic carbocycles. The van der Waals surface area contributed by atoms with Crippen molar-refractivity contribution in [2.45, 2.75) is 53.1 Å². The third-order valence-corrected chi connectivity index (χ3v) is 3.39. The molecule has 148 valence electrons. The van der Waals surface area contributed by atoms with Gasteiger partial charge in [-0.15, -0.1) is 0 Å². The Labute approximate surface area is 160 Å². The van der Waals surface area contributed by atoms with Gasteiger partial charge in [-0.2, -0.15) is 0 Å². The molecule has 0 saturated carbocycles. The van der Waals surface area contributed by atoms with E-state index in [4.69, 9.17) is 4.74 Å². The molecular weight excluding hydrogens is 346 g/mol. The Bertz CT molecular complexity index is 688. The maximum atomic E-state index is 11.9. The van der Waals surface area contributed by atoms with E-state index in [-0.39, 0.29) is 24.8 Å². The molecule has 1 aromatic rings. The number of nitrogens with one attached hydrogen (secondary N) is 3. The maximum absolute atomic E-state index is 11.9.